The second-order valence-corrected chi connectivity index (χ2v) is 5.15. The van der Waals surface area contributed by atoms with Crippen LogP contribution in [0.2, 0.25) is 0 Å². The van der Waals surface area contributed by atoms with E-state index in [0.717, 1.165) is 38.8 Å². The first-order chi connectivity index (χ1) is 7.56. The van der Waals surface area contributed by atoms with Crippen LogP contribution in [-0.2, 0) is 4.79 Å². The van der Waals surface area contributed by atoms with Gasteiger partial charge < -0.3 is 10.2 Å². The Morgan fingerprint density at radius 1 is 1.31 bits per heavy atom. The first-order valence-corrected chi connectivity index (χ1v) is 6.54. The summed E-state index contributed by atoms with van der Waals surface area (Å²) < 4.78 is 0. The number of hydrogen-bond acceptors (Lipinski definition) is 2. The number of carbonyl (C=O) groups is 1. The highest BCUT2D eigenvalue weighted by Crippen LogP contribution is 2.23. The van der Waals surface area contributed by atoms with E-state index in [2.05, 4.69) is 31.0 Å². The van der Waals surface area contributed by atoms with Gasteiger partial charge in [0.15, 0.2) is 0 Å². The van der Waals surface area contributed by atoms with Crippen molar-refractivity contribution in [3.05, 3.63) is 0 Å². The van der Waals surface area contributed by atoms with E-state index in [1.165, 1.54) is 0 Å². The summed E-state index contributed by atoms with van der Waals surface area (Å²) in [6.07, 6.45) is 4.06. The topological polar surface area (TPSA) is 32.3 Å². The van der Waals surface area contributed by atoms with E-state index >= 15 is 0 Å². The summed E-state index contributed by atoms with van der Waals surface area (Å²) in [4.78, 5) is 14.2. The molecule has 0 unspecified atom stereocenters. The van der Waals surface area contributed by atoms with E-state index in [0.29, 0.717) is 5.91 Å². The SMILES string of the molecule is CCC(CC)C(=O)N1CCC(C)(NC)CC1. The molecule has 0 radical (unpaired) electrons. The average molecular weight is 226 g/mol. The van der Waals surface area contributed by atoms with Crippen LogP contribution in [0.1, 0.15) is 46.5 Å². The Morgan fingerprint density at radius 3 is 2.19 bits per heavy atom. The second kappa shape index (κ2) is 5.67. The molecule has 1 fully saturated rings. The molecule has 3 heteroatoms. The highest BCUT2D eigenvalue weighted by molar-refractivity contribution is 5.78. The molecule has 0 spiro atoms. The lowest BCUT2D eigenvalue weighted by molar-refractivity contribution is -0.137. The van der Waals surface area contributed by atoms with Crippen LogP contribution in [0.4, 0.5) is 0 Å². The molecular weight excluding hydrogens is 200 g/mol. The normalized spacial score (nSPS) is 20.2. The molecule has 1 saturated heterocycles. The Bertz CT molecular complexity index is 228. The summed E-state index contributed by atoms with van der Waals surface area (Å²) in [7, 11) is 2.01. The van der Waals surface area contributed by atoms with Crippen molar-refractivity contribution in [3.63, 3.8) is 0 Å². The van der Waals surface area contributed by atoms with Crippen LogP contribution in [-0.4, -0.2) is 36.5 Å². The largest absolute Gasteiger partial charge is 0.342 e. The number of carbonyl (C=O) groups excluding carboxylic acids is 1. The second-order valence-electron chi connectivity index (χ2n) is 5.15. The van der Waals surface area contributed by atoms with Crippen LogP contribution < -0.4 is 5.32 Å². The van der Waals surface area contributed by atoms with Gasteiger partial charge in [-0.2, -0.15) is 0 Å². The van der Waals surface area contributed by atoms with Gasteiger partial charge in [-0.15, -0.1) is 0 Å². The molecule has 16 heavy (non-hydrogen) atoms. The van der Waals surface area contributed by atoms with Gasteiger partial charge in [-0.25, -0.2) is 0 Å². The van der Waals surface area contributed by atoms with Crippen molar-refractivity contribution in [2.75, 3.05) is 20.1 Å². The van der Waals surface area contributed by atoms with E-state index in [-0.39, 0.29) is 11.5 Å². The lowest BCUT2D eigenvalue weighted by Crippen LogP contribution is -2.52. The van der Waals surface area contributed by atoms with Crippen molar-refractivity contribution < 1.29 is 4.79 Å². The number of likely N-dealkylation sites (tertiary alicyclic amines) is 1. The van der Waals surface area contributed by atoms with Crippen molar-refractivity contribution >= 4 is 5.91 Å². The predicted molar refractivity (Wildman–Crippen MR) is 67.4 cm³/mol. The monoisotopic (exact) mass is 226 g/mol. The molecule has 1 heterocycles. The summed E-state index contributed by atoms with van der Waals surface area (Å²) in [5, 5.41) is 3.36. The highest BCUT2D eigenvalue weighted by Gasteiger charge is 2.31. The van der Waals surface area contributed by atoms with Crippen LogP contribution in [0, 0.1) is 5.92 Å². The fraction of sp³-hybridized carbons (Fsp3) is 0.923. The Hall–Kier alpha value is -0.570. The van der Waals surface area contributed by atoms with Crippen molar-refractivity contribution in [2.45, 2.75) is 52.0 Å². The summed E-state index contributed by atoms with van der Waals surface area (Å²) in [6.45, 7) is 8.27. The predicted octanol–water partition coefficient (Wildman–Crippen LogP) is 2.02. The number of nitrogens with zero attached hydrogens (tertiary/aromatic N) is 1. The molecule has 94 valence electrons. The molecule has 1 rings (SSSR count). The lowest BCUT2D eigenvalue weighted by atomic mass is 9.89. The molecule has 0 aromatic heterocycles. The van der Waals surface area contributed by atoms with E-state index < -0.39 is 0 Å². The number of hydrogen-bond donors (Lipinski definition) is 1. The van der Waals surface area contributed by atoms with Gasteiger partial charge in [0, 0.05) is 24.5 Å². The third-order valence-electron chi connectivity index (χ3n) is 4.12. The van der Waals surface area contributed by atoms with Gasteiger partial charge in [0.25, 0.3) is 0 Å². The molecule has 0 aromatic rings. The van der Waals surface area contributed by atoms with Gasteiger partial charge >= 0.3 is 0 Å². The smallest absolute Gasteiger partial charge is 0.225 e. The van der Waals surface area contributed by atoms with Crippen molar-refractivity contribution in [3.8, 4) is 0 Å². The quantitative estimate of drug-likeness (QED) is 0.795. The van der Waals surface area contributed by atoms with Crippen LogP contribution in [0.25, 0.3) is 0 Å². The molecule has 1 N–H and O–H groups in total. The van der Waals surface area contributed by atoms with Crippen LogP contribution in [0.5, 0.6) is 0 Å². The van der Waals surface area contributed by atoms with E-state index in [1.807, 2.05) is 7.05 Å². The zero-order valence-corrected chi connectivity index (χ0v) is 11.2. The van der Waals surface area contributed by atoms with E-state index in [9.17, 15) is 4.79 Å². The molecule has 0 aromatic carbocycles. The average Bonchev–Trinajstić information content (AvgIpc) is 2.31. The Labute approximate surface area is 99.6 Å². The van der Waals surface area contributed by atoms with Crippen LogP contribution in [0.15, 0.2) is 0 Å². The molecule has 3 nitrogen and oxygen atoms in total. The summed E-state index contributed by atoms with van der Waals surface area (Å²) in [5.41, 5.74) is 0.227. The molecule has 1 amide bonds. The zero-order valence-electron chi connectivity index (χ0n) is 11.2. The molecule has 0 atom stereocenters. The Kier molecular flexibility index (Phi) is 4.78. The molecular formula is C13H26N2O. The molecule has 1 aliphatic rings. The minimum absolute atomic E-state index is 0.227. The summed E-state index contributed by atoms with van der Waals surface area (Å²) in [6, 6.07) is 0. The maximum absolute atomic E-state index is 12.2. The number of rotatable bonds is 4. The first-order valence-electron chi connectivity index (χ1n) is 6.54. The molecule has 0 saturated carbocycles. The van der Waals surface area contributed by atoms with E-state index in [4.69, 9.17) is 0 Å². The lowest BCUT2D eigenvalue weighted by Gasteiger charge is -2.40. The van der Waals surface area contributed by atoms with Gasteiger partial charge in [-0.1, -0.05) is 13.8 Å². The summed E-state index contributed by atoms with van der Waals surface area (Å²) >= 11 is 0. The fourth-order valence-electron chi connectivity index (χ4n) is 2.37. The minimum Gasteiger partial charge on any atom is -0.342 e. The highest BCUT2D eigenvalue weighted by atomic mass is 16.2. The number of amides is 1. The van der Waals surface area contributed by atoms with Crippen molar-refractivity contribution in [2.24, 2.45) is 5.92 Å². The van der Waals surface area contributed by atoms with Gasteiger partial charge in [0.05, 0.1) is 0 Å². The Morgan fingerprint density at radius 2 is 1.81 bits per heavy atom. The maximum atomic E-state index is 12.2. The number of piperidine rings is 1. The first kappa shape index (κ1) is 13.5. The third-order valence-corrected chi connectivity index (χ3v) is 4.12. The maximum Gasteiger partial charge on any atom is 0.225 e. The van der Waals surface area contributed by atoms with Gasteiger partial charge in [0.2, 0.25) is 5.91 Å². The van der Waals surface area contributed by atoms with Crippen molar-refractivity contribution in [1.29, 1.82) is 0 Å². The minimum atomic E-state index is 0.227. The fourth-order valence-corrected chi connectivity index (χ4v) is 2.37. The molecule has 1 aliphatic heterocycles. The van der Waals surface area contributed by atoms with Gasteiger partial charge in [-0.3, -0.25) is 4.79 Å². The molecule has 0 aliphatic carbocycles. The number of nitrogens with one attached hydrogen (secondary N) is 1. The van der Waals surface area contributed by atoms with E-state index in [1.54, 1.807) is 0 Å². The zero-order chi connectivity index (χ0) is 12.2. The van der Waals surface area contributed by atoms with Gasteiger partial charge in [-0.05, 0) is 39.7 Å². The van der Waals surface area contributed by atoms with Crippen molar-refractivity contribution in [1.82, 2.24) is 10.2 Å². The molecule has 0 bridgehead atoms. The van der Waals surface area contributed by atoms with Crippen LogP contribution >= 0.6 is 0 Å². The Balaban J connectivity index is 2.50. The van der Waals surface area contributed by atoms with Gasteiger partial charge in [0.1, 0.15) is 0 Å². The summed E-state index contributed by atoms with van der Waals surface area (Å²) in [5.74, 6) is 0.599. The standard InChI is InChI=1S/C13H26N2O/c1-5-11(6-2)12(16)15-9-7-13(3,14-4)8-10-15/h11,14H,5-10H2,1-4H3. The third kappa shape index (κ3) is 2.97. The van der Waals surface area contributed by atoms with Crippen LogP contribution in [0.3, 0.4) is 0 Å².